The van der Waals surface area contributed by atoms with Gasteiger partial charge in [0.05, 0.1) is 23.5 Å². The molecule has 1 aliphatic carbocycles. The van der Waals surface area contributed by atoms with E-state index in [-0.39, 0.29) is 36.9 Å². The highest BCUT2D eigenvalue weighted by Crippen LogP contribution is 2.38. The third kappa shape index (κ3) is 4.10. The quantitative estimate of drug-likeness (QED) is 0.560. The molecular weight excluding hydrogens is 390 g/mol. The summed E-state index contributed by atoms with van der Waals surface area (Å²) < 4.78 is 1.65. The van der Waals surface area contributed by atoms with Crippen LogP contribution in [0.2, 0.25) is 5.02 Å². The predicted octanol–water partition coefficient (Wildman–Crippen LogP) is 2.87. The van der Waals surface area contributed by atoms with Crippen LogP contribution < -0.4 is 0 Å². The molecule has 1 fully saturated rings. The Labute approximate surface area is 174 Å². The lowest BCUT2D eigenvalue weighted by atomic mass is 9.87. The Morgan fingerprint density at radius 1 is 1.34 bits per heavy atom. The van der Waals surface area contributed by atoms with E-state index in [9.17, 15) is 14.4 Å². The number of aryl methyl sites for hydroxylation is 2. The molecular formula is C22H22ClN3O3. The first-order valence-electron chi connectivity index (χ1n) is 9.28. The van der Waals surface area contributed by atoms with Crippen LogP contribution in [0.5, 0.6) is 0 Å². The van der Waals surface area contributed by atoms with E-state index in [0.29, 0.717) is 10.6 Å². The number of carbonyl (C=O) groups is 3. The normalized spacial score (nSPS) is 18.7. The standard InChI is InChI=1S/C22H22ClN3O3/c1-5-6-25(4)19(28)10-15-9-18(27)21(22(15)29)20-13(2)7-17(8-14(20)3)26-12-16(23)11-24-26/h1,7-8,11-12,15,21H,6,9-10H2,2-4H3. The largest absolute Gasteiger partial charge is 0.335 e. The number of hydrogen-bond acceptors (Lipinski definition) is 4. The maximum atomic E-state index is 13.0. The minimum Gasteiger partial charge on any atom is -0.335 e. The predicted molar refractivity (Wildman–Crippen MR) is 110 cm³/mol. The van der Waals surface area contributed by atoms with Gasteiger partial charge in [0.2, 0.25) is 5.91 Å². The number of terminal acetylenes is 1. The lowest BCUT2D eigenvalue weighted by Crippen LogP contribution is -2.30. The van der Waals surface area contributed by atoms with E-state index >= 15 is 0 Å². The van der Waals surface area contributed by atoms with Crippen molar-refractivity contribution in [1.29, 1.82) is 0 Å². The van der Waals surface area contributed by atoms with Crippen LogP contribution in [0.15, 0.2) is 24.5 Å². The van der Waals surface area contributed by atoms with Crippen molar-refractivity contribution in [3.8, 4) is 18.0 Å². The molecule has 1 aromatic carbocycles. The number of rotatable bonds is 5. The molecule has 0 N–H and O–H groups in total. The van der Waals surface area contributed by atoms with Crippen molar-refractivity contribution in [2.24, 2.45) is 5.92 Å². The minimum atomic E-state index is -0.832. The van der Waals surface area contributed by atoms with Gasteiger partial charge in [-0.1, -0.05) is 17.5 Å². The molecule has 6 nitrogen and oxygen atoms in total. The fraction of sp³-hybridized carbons (Fsp3) is 0.364. The molecule has 0 radical (unpaired) electrons. The Morgan fingerprint density at radius 2 is 2.00 bits per heavy atom. The molecule has 2 aromatic rings. The SMILES string of the molecule is C#CCN(C)C(=O)CC1CC(=O)C(c2c(C)cc(-n3cc(Cl)cn3)cc2C)C1=O. The number of Topliss-reactive ketones (excluding diaryl/α,β-unsaturated/α-hetero) is 2. The van der Waals surface area contributed by atoms with Gasteiger partial charge in [-0.15, -0.1) is 6.42 Å². The molecule has 0 spiro atoms. The van der Waals surface area contributed by atoms with Gasteiger partial charge < -0.3 is 4.90 Å². The van der Waals surface area contributed by atoms with Gasteiger partial charge in [0.25, 0.3) is 0 Å². The molecule has 0 bridgehead atoms. The first-order valence-corrected chi connectivity index (χ1v) is 9.66. The molecule has 0 aliphatic heterocycles. The van der Waals surface area contributed by atoms with E-state index in [0.717, 1.165) is 16.8 Å². The van der Waals surface area contributed by atoms with Gasteiger partial charge in [-0.3, -0.25) is 14.4 Å². The van der Waals surface area contributed by atoms with Gasteiger partial charge in [-0.2, -0.15) is 5.10 Å². The van der Waals surface area contributed by atoms with Crippen LogP contribution in [-0.2, 0) is 14.4 Å². The topological polar surface area (TPSA) is 72.3 Å². The van der Waals surface area contributed by atoms with Crippen LogP contribution in [0, 0.1) is 32.1 Å². The zero-order valence-electron chi connectivity index (χ0n) is 16.6. The second-order valence-electron chi connectivity index (χ2n) is 7.46. The fourth-order valence-electron chi connectivity index (χ4n) is 3.90. The van der Waals surface area contributed by atoms with Crippen molar-refractivity contribution in [1.82, 2.24) is 14.7 Å². The van der Waals surface area contributed by atoms with Crippen LogP contribution in [-0.4, -0.2) is 45.7 Å². The fourth-order valence-corrected chi connectivity index (χ4v) is 4.04. The minimum absolute atomic E-state index is 0.00121. The summed E-state index contributed by atoms with van der Waals surface area (Å²) >= 11 is 5.95. The Hall–Kier alpha value is -2.91. The number of benzene rings is 1. The number of halogens is 1. The maximum Gasteiger partial charge on any atom is 0.223 e. The van der Waals surface area contributed by atoms with Gasteiger partial charge in [-0.25, -0.2) is 4.68 Å². The van der Waals surface area contributed by atoms with Gasteiger partial charge in [0.15, 0.2) is 5.78 Å². The molecule has 1 amide bonds. The molecule has 150 valence electrons. The highest BCUT2D eigenvalue weighted by atomic mass is 35.5. The number of nitrogens with zero attached hydrogens (tertiary/aromatic N) is 3. The van der Waals surface area contributed by atoms with Crippen molar-refractivity contribution in [3.63, 3.8) is 0 Å². The lowest BCUT2D eigenvalue weighted by molar-refractivity contribution is -0.133. The van der Waals surface area contributed by atoms with Crippen LogP contribution in [0.1, 0.15) is 35.4 Å². The maximum absolute atomic E-state index is 13.0. The Kier molecular flexibility index (Phi) is 5.90. The second kappa shape index (κ2) is 8.22. The van der Waals surface area contributed by atoms with Crippen LogP contribution in [0.3, 0.4) is 0 Å². The van der Waals surface area contributed by atoms with Gasteiger partial charge in [0.1, 0.15) is 11.7 Å². The molecule has 1 saturated carbocycles. The number of amides is 1. The van der Waals surface area contributed by atoms with Crippen molar-refractivity contribution >= 4 is 29.1 Å². The summed E-state index contributed by atoms with van der Waals surface area (Å²) in [4.78, 5) is 39.4. The summed E-state index contributed by atoms with van der Waals surface area (Å²) in [5, 5.41) is 4.72. The number of ketones is 2. The van der Waals surface area contributed by atoms with Crippen molar-refractivity contribution < 1.29 is 14.4 Å². The van der Waals surface area contributed by atoms with E-state index in [2.05, 4.69) is 11.0 Å². The van der Waals surface area contributed by atoms with Crippen molar-refractivity contribution in [2.45, 2.75) is 32.6 Å². The van der Waals surface area contributed by atoms with Gasteiger partial charge in [0, 0.05) is 32.0 Å². The third-order valence-corrected chi connectivity index (χ3v) is 5.51. The summed E-state index contributed by atoms with van der Waals surface area (Å²) in [6, 6.07) is 3.76. The third-order valence-electron chi connectivity index (χ3n) is 5.31. The van der Waals surface area contributed by atoms with E-state index in [1.165, 1.54) is 4.90 Å². The highest BCUT2D eigenvalue weighted by Gasteiger charge is 2.44. The monoisotopic (exact) mass is 411 g/mol. The lowest BCUT2D eigenvalue weighted by Gasteiger charge is -2.18. The molecule has 1 aliphatic rings. The Morgan fingerprint density at radius 3 is 2.55 bits per heavy atom. The number of carbonyl (C=O) groups excluding carboxylic acids is 3. The first-order chi connectivity index (χ1) is 13.7. The average Bonchev–Trinajstić information content (AvgIpc) is 3.20. The zero-order valence-corrected chi connectivity index (χ0v) is 17.4. The van der Waals surface area contributed by atoms with Crippen molar-refractivity contribution in [3.05, 3.63) is 46.2 Å². The van der Waals surface area contributed by atoms with Crippen LogP contribution in [0.25, 0.3) is 5.69 Å². The number of hydrogen-bond donors (Lipinski definition) is 0. The summed E-state index contributed by atoms with van der Waals surface area (Å²) in [7, 11) is 1.59. The van der Waals surface area contributed by atoms with E-state index < -0.39 is 11.8 Å². The molecule has 2 unspecified atom stereocenters. The molecule has 0 saturated heterocycles. The zero-order chi connectivity index (χ0) is 21.3. The summed E-state index contributed by atoms with van der Waals surface area (Å²) in [5.74, 6) is 0.392. The molecule has 2 atom stereocenters. The smallest absolute Gasteiger partial charge is 0.223 e. The molecule has 29 heavy (non-hydrogen) atoms. The second-order valence-corrected chi connectivity index (χ2v) is 7.89. The van der Waals surface area contributed by atoms with E-state index in [1.807, 2.05) is 26.0 Å². The molecule has 1 heterocycles. The summed E-state index contributed by atoms with van der Waals surface area (Å²) in [6.07, 6.45) is 8.55. The Balaban J connectivity index is 1.87. The van der Waals surface area contributed by atoms with E-state index in [1.54, 1.807) is 24.1 Å². The average molecular weight is 412 g/mol. The van der Waals surface area contributed by atoms with Crippen LogP contribution in [0.4, 0.5) is 0 Å². The Bertz CT molecular complexity index is 1010. The van der Waals surface area contributed by atoms with Gasteiger partial charge in [-0.05, 0) is 42.7 Å². The van der Waals surface area contributed by atoms with E-state index in [4.69, 9.17) is 18.0 Å². The summed E-state index contributed by atoms with van der Waals surface area (Å²) in [5.41, 5.74) is 3.18. The summed E-state index contributed by atoms with van der Waals surface area (Å²) in [6.45, 7) is 3.92. The molecule has 7 heteroatoms. The molecule has 1 aromatic heterocycles. The van der Waals surface area contributed by atoms with Gasteiger partial charge >= 0.3 is 0 Å². The van der Waals surface area contributed by atoms with Crippen LogP contribution >= 0.6 is 11.6 Å². The first kappa shape index (κ1) is 20.8. The van der Waals surface area contributed by atoms with Crippen molar-refractivity contribution in [2.75, 3.05) is 13.6 Å². The highest BCUT2D eigenvalue weighted by molar-refractivity contribution is 6.30. The number of aromatic nitrogens is 2. The molecule has 3 rings (SSSR count).